The van der Waals surface area contributed by atoms with Crippen LogP contribution in [0.25, 0.3) is 0 Å². The molecule has 3 rings (SSSR count). The van der Waals surface area contributed by atoms with Gasteiger partial charge in [0.2, 0.25) is 11.8 Å². The lowest BCUT2D eigenvalue weighted by atomic mass is 10.1. The average molecular weight is 617 g/mol. The Bertz CT molecular complexity index is 1420. The summed E-state index contributed by atoms with van der Waals surface area (Å²) < 4.78 is 28.4. The number of likely N-dealkylation sites (N-methyl/N-ethyl adjacent to an activating group) is 1. The van der Waals surface area contributed by atoms with Crippen molar-refractivity contribution >= 4 is 73.9 Å². The zero-order valence-corrected chi connectivity index (χ0v) is 24.3. The summed E-state index contributed by atoms with van der Waals surface area (Å²) >= 11 is 24.3. The third-order valence-electron chi connectivity index (χ3n) is 5.75. The fourth-order valence-electron chi connectivity index (χ4n) is 3.81. The molecule has 38 heavy (non-hydrogen) atoms. The molecule has 3 aromatic rings. The van der Waals surface area contributed by atoms with Gasteiger partial charge >= 0.3 is 0 Å². The second-order valence-corrected chi connectivity index (χ2v) is 11.8. The van der Waals surface area contributed by atoms with Gasteiger partial charge in [-0.1, -0.05) is 65.5 Å². The number of benzene rings is 3. The molecule has 0 bridgehead atoms. The fraction of sp³-hybridized carbons (Fsp3) is 0.231. The number of rotatable bonds is 10. The Balaban J connectivity index is 2.07. The van der Waals surface area contributed by atoms with Crippen LogP contribution in [0, 0.1) is 0 Å². The van der Waals surface area contributed by atoms with Gasteiger partial charge in [0.15, 0.2) is 0 Å². The predicted molar refractivity (Wildman–Crippen MR) is 153 cm³/mol. The Morgan fingerprint density at radius 1 is 0.895 bits per heavy atom. The van der Waals surface area contributed by atoms with E-state index in [4.69, 9.17) is 46.4 Å². The van der Waals surface area contributed by atoms with Crippen LogP contribution in [0.15, 0.2) is 71.6 Å². The number of amides is 2. The number of nitrogens with one attached hydrogen (secondary N) is 1. The molecule has 12 heteroatoms. The van der Waals surface area contributed by atoms with Crippen LogP contribution in [0.1, 0.15) is 18.9 Å². The second kappa shape index (κ2) is 13.0. The quantitative estimate of drug-likeness (QED) is 0.300. The Morgan fingerprint density at radius 3 is 2.16 bits per heavy atom. The van der Waals surface area contributed by atoms with Crippen molar-refractivity contribution in [2.75, 3.05) is 17.9 Å². The Labute approximate surface area is 242 Å². The molecule has 0 spiro atoms. The minimum absolute atomic E-state index is 0.00791. The molecule has 0 fully saturated rings. The molecule has 1 unspecified atom stereocenters. The molecule has 0 saturated heterocycles. The summed E-state index contributed by atoms with van der Waals surface area (Å²) in [5, 5.41) is 3.85. The van der Waals surface area contributed by atoms with Gasteiger partial charge < -0.3 is 10.2 Å². The lowest BCUT2D eigenvalue weighted by Gasteiger charge is -2.33. The van der Waals surface area contributed by atoms with E-state index in [0.29, 0.717) is 15.6 Å². The van der Waals surface area contributed by atoms with Crippen molar-refractivity contribution in [3.63, 3.8) is 0 Å². The number of nitrogens with zero attached hydrogens (tertiary/aromatic N) is 2. The minimum Gasteiger partial charge on any atom is -0.357 e. The Morgan fingerprint density at radius 2 is 1.58 bits per heavy atom. The van der Waals surface area contributed by atoms with E-state index in [0.717, 1.165) is 4.31 Å². The first-order valence-corrected chi connectivity index (χ1v) is 14.4. The van der Waals surface area contributed by atoms with Gasteiger partial charge in [-0.3, -0.25) is 13.9 Å². The Hall–Kier alpha value is -2.49. The van der Waals surface area contributed by atoms with Gasteiger partial charge in [0, 0.05) is 23.6 Å². The highest BCUT2D eigenvalue weighted by Gasteiger charge is 2.33. The van der Waals surface area contributed by atoms with Gasteiger partial charge in [0.1, 0.15) is 12.6 Å². The van der Waals surface area contributed by atoms with E-state index in [9.17, 15) is 18.0 Å². The fourth-order valence-corrected chi connectivity index (χ4v) is 5.85. The zero-order valence-electron chi connectivity index (χ0n) is 20.5. The van der Waals surface area contributed by atoms with E-state index in [2.05, 4.69) is 5.32 Å². The van der Waals surface area contributed by atoms with Crippen LogP contribution in [0.4, 0.5) is 5.69 Å². The van der Waals surface area contributed by atoms with E-state index in [1.165, 1.54) is 48.3 Å². The van der Waals surface area contributed by atoms with Crippen LogP contribution in [-0.4, -0.2) is 44.8 Å². The zero-order chi connectivity index (χ0) is 28.0. The van der Waals surface area contributed by atoms with E-state index < -0.39 is 34.4 Å². The molecule has 3 aromatic carbocycles. The van der Waals surface area contributed by atoms with Gasteiger partial charge in [-0.2, -0.15) is 0 Å². The molecule has 0 heterocycles. The smallest absolute Gasteiger partial charge is 0.264 e. The molecule has 7 nitrogen and oxygen atoms in total. The number of carbonyl (C=O) groups is 2. The van der Waals surface area contributed by atoms with Crippen molar-refractivity contribution in [1.82, 2.24) is 10.2 Å². The first-order chi connectivity index (χ1) is 18.0. The standard InChI is InChI=1S/C26H25Cl4N3O4S/c1-3-24(26(35)31-2)32(15-17-7-12-22(29)23(30)13-17)25(34)16-33(20-6-4-5-19(28)14-20)38(36,37)21-10-8-18(27)9-11-21/h4-14,24H,3,15-16H2,1-2H3,(H,31,35). The topological polar surface area (TPSA) is 86.8 Å². The highest BCUT2D eigenvalue weighted by atomic mass is 35.5. The van der Waals surface area contributed by atoms with Crippen molar-refractivity contribution < 1.29 is 18.0 Å². The third-order valence-corrected chi connectivity index (χ3v) is 8.76. The van der Waals surface area contributed by atoms with Crippen LogP contribution in [-0.2, 0) is 26.2 Å². The van der Waals surface area contributed by atoms with E-state index >= 15 is 0 Å². The SMILES string of the molecule is CCC(C(=O)NC)N(Cc1ccc(Cl)c(Cl)c1)C(=O)CN(c1cccc(Cl)c1)S(=O)(=O)c1ccc(Cl)cc1. The number of hydrogen-bond acceptors (Lipinski definition) is 4. The lowest BCUT2D eigenvalue weighted by Crippen LogP contribution is -2.51. The summed E-state index contributed by atoms with van der Waals surface area (Å²) in [4.78, 5) is 27.8. The van der Waals surface area contributed by atoms with Crippen molar-refractivity contribution in [3.05, 3.63) is 92.4 Å². The normalized spacial score (nSPS) is 12.1. The monoisotopic (exact) mass is 615 g/mol. The molecule has 202 valence electrons. The first kappa shape index (κ1) is 30.1. The Kier molecular flexibility index (Phi) is 10.3. The molecule has 0 radical (unpaired) electrons. The van der Waals surface area contributed by atoms with Gasteiger partial charge in [0.25, 0.3) is 10.0 Å². The predicted octanol–water partition coefficient (Wildman–Crippen LogP) is 6.05. The maximum absolute atomic E-state index is 13.8. The molecular weight excluding hydrogens is 592 g/mol. The van der Waals surface area contributed by atoms with Crippen LogP contribution in [0.2, 0.25) is 20.1 Å². The number of halogens is 4. The highest BCUT2D eigenvalue weighted by molar-refractivity contribution is 7.92. The maximum atomic E-state index is 13.8. The van der Waals surface area contributed by atoms with Crippen LogP contribution in [0.3, 0.4) is 0 Å². The second-order valence-electron chi connectivity index (χ2n) is 8.25. The molecule has 2 amide bonds. The minimum atomic E-state index is -4.23. The van der Waals surface area contributed by atoms with E-state index in [-0.39, 0.29) is 33.6 Å². The summed E-state index contributed by atoms with van der Waals surface area (Å²) in [5.74, 6) is -1.00. The van der Waals surface area contributed by atoms with Gasteiger partial charge in [-0.25, -0.2) is 8.42 Å². The lowest BCUT2D eigenvalue weighted by molar-refractivity contribution is -0.140. The van der Waals surface area contributed by atoms with Gasteiger partial charge in [-0.05, 0) is 66.6 Å². The molecular formula is C26H25Cl4N3O4S. The maximum Gasteiger partial charge on any atom is 0.264 e. The summed E-state index contributed by atoms with van der Waals surface area (Å²) in [6.45, 7) is 1.15. The van der Waals surface area contributed by atoms with Crippen molar-refractivity contribution in [3.8, 4) is 0 Å². The van der Waals surface area contributed by atoms with E-state index in [1.807, 2.05) is 0 Å². The molecule has 1 atom stereocenters. The number of carbonyl (C=O) groups excluding carboxylic acids is 2. The summed E-state index contributed by atoms with van der Waals surface area (Å²) in [6, 6.07) is 15.8. The number of hydrogen-bond donors (Lipinski definition) is 1. The molecule has 1 N–H and O–H groups in total. The molecule has 0 aliphatic carbocycles. The first-order valence-electron chi connectivity index (χ1n) is 11.5. The van der Waals surface area contributed by atoms with Crippen LogP contribution in [0.5, 0.6) is 0 Å². The highest BCUT2D eigenvalue weighted by Crippen LogP contribution is 2.28. The summed E-state index contributed by atoms with van der Waals surface area (Å²) in [6.07, 6.45) is 0.286. The molecule has 0 aromatic heterocycles. The summed E-state index contributed by atoms with van der Waals surface area (Å²) in [7, 11) is -2.76. The van der Waals surface area contributed by atoms with Crippen LogP contribution >= 0.6 is 46.4 Å². The number of anilines is 1. The molecule has 0 saturated carbocycles. The van der Waals surface area contributed by atoms with Crippen molar-refractivity contribution in [2.24, 2.45) is 0 Å². The largest absolute Gasteiger partial charge is 0.357 e. The average Bonchev–Trinajstić information content (AvgIpc) is 2.89. The molecule has 0 aliphatic heterocycles. The van der Waals surface area contributed by atoms with Crippen molar-refractivity contribution in [2.45, 2.75) is 30.8 Å². The summed E-state index contributed by atoms with van der Waals surface area (Å²) in [5.41, 5.74) is 0.799. The van der Waals surface area contributed by atoms with E-state index in [1.54, 1.807) is 37.3 Å². The number of sulfonamides is 1. The van der Waals surface area contributed by atoms with Crippen molar-refractivity contribution in [1.29, 1.82) is 0 Å². The van der Waals surface area contributed by atoms with Crippen LogP contribution < -0.4 is 9.62 Å². The molecule has 0 aliphatic rings. The van der Waals surface area contributed by atoms with Gasteiger partial charge in [0.05, 0.1) is 20.6 Å². The third kappa shape index (κ3) is 7.12. The van der Waals surface area contributed by atoms with Gasteiger partial charge in [-0.15, -0.1) is 0 Å².